The SMILES string of the molecule is CC[C@@H](C)c1ccc(S(=O)(=O)N2CCN(C(=O)C[C@@H]3C=CCC3)CC2)cc1. The van der Waals surface area contributed by atoms with Crippen molar-refractivity contribution in [3.8, 4) is 0 Å². The first-order valence-electron chi connectivity index (χ1n) is 9.96. The van der Waals surface area contributed by atoms with Gasteiger partial charge in [-0.25, -0.2) is 8.42 Å². The van der Waals surface area contributed by atoms with Crippen LogP contribution in [0.1, 0.15) is 51.0 Å². The van der Waals surface area contributed by atoms with E-state index in [-0.39, 0.29) is 5.91 Å². The molecule has 1 aliphatic heterocycles. The summed E-state index contributed by atoms with van der Waals surface area (Å²) in [5.74, 6) is 0.913. The molecule has 1 amide bonds. The fourth-order valence-electron chi connectivity index (χ4n) is 3.75. The van der Waals surface area contributed by atoms with Crippen LogP contribution in [-0.2, 0) is 14.8 Å². The third-order valence-electron chi connectivity index (χ3n) is 5.84. The Hall–Kier alpha value is -1.66. The van der Waals surface area contributed by atoms with Crippen LogP contribution in [0.5, 0.6) is 0 Å². The molecule has 1 fully saturated rings. The Morgan fingerprint density at radius 1 is 1.15 bits per heavy atom. The quantitative estimate of drug-likeness (QED) is 0.700. The van der Waals surface area contributed by atoms with Crippen LogP contribution in [0.25, 0.3) is 0 Å². The van der Waals surface area contributed by atoms with E-state index in [2.05, 4.69) is 26.0 Å². The maximum atomic E-state index is 12.9. The van der Waals surface area contributed by atoms with Crippen molar-refractivity contribution in [1.82, 2.24) is 9.21 Å². The second-order valence-corrected chi connectivity index (χ2v) is 9.57. The molecule has 5 nitrogen and oxygen atoms in total. The minimum absolute atomic E-state index is 0.140. The van der Waals surface area contributed by atoms with Crippen LogP contribution in [0.3, 0.4) is 0 Å². The Morgan fingerprint density at radius 3 is 2.37 bits per heavy atom. The van der Waals surface area contributed by atoms with Crippen LogP contribution in [0.2, 0.25) is 0 Å². The van der Waals surface area contributed by atoms with E-state index in [1.165, 1.54) is 4.31 Å². The number of amides is 1. The number of hydrogen-bond donors (Lipinski definition) is 0. The first-order chi connectivity index (χ1) is 12.9. The van der Waals surface area contributed by atoms with Gasteiger partial charge in [0.15, 0.2) is 0 Å². The van der Waals surface area contributed by atoms with Crippen molar-refractivity contribution in [3.05, 3.63) is 42.0 Å². The molecule has 2 atom stereocenters. The van der Waals surface area contributed by atoms with Crippen LogP contribution in [0, 0.1) is 5.92 Å². The van der Waals surface area contributed by atoms with Crippen LogP contribution in [0.4, 0.5) is 0 Å². The van der Waals surface area contributed by atoms with Gasteiger partial charge in [0, 0.05) is 32.6 Å². The van der Waals surface area contributed by atoms with Crippen molar-refractivity contribution < 1.29 is 13.2 Å². The van der Waals surface area contributed by atoms with Gasteiger partial charge in [0.1, 0.15) is 0 Å². The molecule has 0 aromatic heterocycles. The number of carbonyl (C=O) groups is 1. The van der Waals surface area contributed by atoms with E-state index in [1.807, 2.05) is 17.0 Å². The second kappa shape index (κ2) is 8.57. The number of benzene rings is 1. The summed E-state index contributed by atoms with van der Waals surface area (Å²) in [4.78, 5) is 14.6. The fourth-order valence-corrected chi connectivity index (χ4v) is 5.17. The van der Waals surface area contributed by atoms with Gasteiger partial charge in [-0.05, 0) is 48.8 Å². The number of piperazine rings is 1. The Labute approximate surface area is 163 Å². The number of allylic oxidation sites excluding steroid dienone is 2. The van der Waals surface area contributed by atoms with E-state index < -0.39 is 10.0 Å². The Morgan fingerprint density at radius 2 is 1.81 bits per heavy atom. The minimum atomic E-state index is -3.50. The summed E-state index contributed by atoms with van der Waals surface area (Å²) >= 11 is 0. The van der Waals surface area contributed by atoms with Crippen LogP contribution < -0.4 is 0 Å². The molecule has 0 unspecified atom stereocenters. The summed E-state index contributed by atoms with van der Waals surface area (Å²) in [6, 6.07) is 7.24. The molecule has 0 spiro atoms. The van der Waals surface area contributed by atoms with E-state index in [9.17, 15) is 13.2 Å². The van der Waals surface area contributed by atoms with Gasteiger partial charge in [-0.2, -0.15) is 4.31 Å². The third-order valence-corrected chi connectivity index (χ3v) is 7.75. The van der Waals surface area contributed by atoms with E-state index in [1.54, 1.807) is 12.1 Å². The lowest BCUT2D eigenvalue weighted by atomic mass is 9.99. The molecule has 0 saturated carbocycles. The van der Waals surface area contributed by atoms with Gasteiger partial charge in [0.2, 0.25) is 15.9 Å². The molecular weight excluding hydrogens is 360 g/mol. The molecule has 1 saturated heterocycles. The zero-order valence-electron chi connectivity index (χ0n) is 16.3. The van der Waals surface area contributed by atoms with Gasteiger partial charge in [-0.15, -0.1) is 0 Å². The average Bonchev–Trinajstić information content (AvgIpc) is 3.20. The first-order valence-corrected chi connectivity index (χ1v) is 11.4. The summed E-state index contributed by atoms with van der Waals surface area (Å²) in [5, 5.41) is 0. The molecule has 1 aromatic carbocycles. The van der Waals surface area contributed by atoms with E-state index in [0.29, 0.717) is 49.3 Å². The van der Waals surface area contributed by atoms with E-state index in [4.69, 9.17) is 0 Å². The van der Waals surface area contributed by atoms with Crippen molar-refractivity contribution in [2.75, 3.05) is 26.2 Å². The number of rotatable bonds is 6. The predicted octanol–water partition coefficient (Wildman–Crippen LogP) is 3.39. The average molecular weight is 391 g/mol. The third kappa shape index (κ3) is 4.61. The summed E-state index contributed by atoms with van der Waals surface area (Å²) in [7, 11) is -3.50. The smallest absolute Gasteiger partial charge is 0.243 e. The first kappa shape index (κ1) is 20.1. The Balaban J connectivity index is 1.59. The molecule has 6 heteroatoms. The molecule has 1 aromatic rings. The summed E-state index contributed by atoms with van der Waals surface area (Å²) in [5.41, 5.74) is 1.16. The highest BCUT2D eigenvalue weighted by atomic mass is 32.2. The van der Waals surface area contributed by atoms with E-state index in [0.717, 1.165) is 24.8 Å². The standard InChI is InChI=1S/C21H30N2O3S/c1-3-17(2)19-8-10-20(11-9-19)27(25,26)23-14-12-22(13-15-23)21(24)16-18-6-4-5-7-18/h4,6,8-11,17-18H,3,5,7,12-16H2,1-2H3/t17-,18-/m1/s1. The van der Waals surface area contributed by atoms with Crippen molar-refractivity contribution in [2.45, 2.75) is 50.3 Å². The molecule has 0 N–H and O–H groups in total. The lowest BCUT2D eigenvalue weighted by molar-refractivity contribution is -0.133. The lowest BCUT2D eigenvalue weighted by Crippen LogP contribution is -2.50. The molecule has 3 rings (SSSR count). The van der Waals surface area contributed by atoms with Crippen LogP contribution >= 0.6 is 0 Å². The molecule has 1 heterocycles. The van der Waals surface area contributed by atoms with Gasteiger partial charge in [-0.3, -0.25) is 4.79 Å². The summed E-state index contributed by atoms with van der Waals surface area (Å²) < 4.78 is 27.3. The molecule has 0 radical (unpaired) electrons. The van der Waals surface area contributed by atoms with Gasteiger partial charge < -0.3 is 4.90 Å². The van der Waals surface area contributed by atoms with Crippen molar-refractivity contribution in [2.24, 2.45) is 5.92 Å². The molecule has 1 aliphatic carbocycles. The minimum Gasteiger partial charge on any atom is -0.340 e. The zero-order chi connectivity index (χ0) is 19.4. The summed E-state index contributed by atoms with van der Waals surface area (Å²) in [6.45, 7) is 5.93. The highest BCUT2D eigenvalue weighted by Crippen LogP contribution is 2.24. The zero-order valence-corrected chi connectivity index (χ0v) is 17.1. The van der Waals surface area contributed by atoms with E-state index >= 15 is 0 Å². The second-order valence-electron chi connectivity index (χ2n) is 7.63. The maximum Gasteiger partial charge on any atom is 0.243 e. The predicted molar refractivity (Wildman–Crippen MR) is 107 cm³/mol. The topological polar surface area (TPSA) is 57.7 Å². The highest BCUT2D eigenvalue weighted by Gasteiger charge is 2.30. The molecule has 0 bridgehead atoms. The Bertz CT molecular complexity index is 778. The number of nitrogens with zero attached hydrogens (tertiary/aromatic N) is 2. The van der Waals surface area contributed by atoms with Crippen molar-refractivity contribution in [1.29, 1.82) is 0 Å². The molecular formula is C21H30N2O3S. The number of hydrogen-bond acceptors (Lipinski definition) is 3. The largest absolute Gasteiger partial charge is 0.340 e. The summed E-state index contributed by atoms with van der Waals surface area (Å²) in [6.07, 6.45) is 7.93. The lowest BCUT2D eigenvalue weighted by Gasteiger charge is -2.34. The number of carbonyl (C=O) groups excluding carboxylic acids is 1. The highest BCUT2D eigenvalue weighted by molar-refractivity contribution is 7.89. The Kier molecular flexibility index (Phi) is 6.37. The molecule has 27 heavy (non-hydrogen) atoms. The molecule has 2 aliphatic rings. The van der Waals surface area contributed by atoms with Gasteiger partial charge in [0.25, 0.3) is 0 Å². The molecule has 148 valence electrons. The van der Waals surface area contributed by atoms with Crippen LogP contribution in [0.15, 0.2) is 41.3 Å². The fraction of sp³-hybridized carbons (Fsp3) is 0.571. The normalized spacial score (nSPS) is 22.1. The monoisotopic (exact) mass is 390 g/mol. The van der Waals surface area contributed by atoms with Gasteiger partial charge >= 0.3 is 0 Å². The maximum absolute atomic E-state index is 12.9. The van der Waals surface area contributed by atoms with Crippen molar-refractivity contribution >= 4 is 15.9 Å². The van der Waals surface area contributed by atoms with Crippen LogP contribution in [-0.4, -0.2) is 49.7 Å². The number of sulfonamides is 1. The van der Waals surface area contributed by atoms with Crippen molar-refractivity contribution in [3.63, 3.8) is 0 Å². The van der Waals surface area contributed by atoms with Gasteiger partial charge in [0.05, 0.1) is 4.90 Å². The van der Waals surface area contributed by atoms with Gasteiger partial charge in [-0.1, -0.05) is 38.1 Å².